The summed E-state index contributed by atoms with van der Waals surface area (Å²) >= 11 is 0. The Balaban J connectivity index is 1.29. The summed E-state index contributed by atoms with van der Waals surface area (Å²) < 4.78 is 33.8. The number of sulfonamides is 1. The Morgan fingerprint density at radius 1 is 1.20 bits per heavy atom. The number of aromatic amines is 1. The molecular weight excluding hydrogens is 472 g/mol. The molecule has 0 aromatic carbocycles. The van der Waals surface area contributed by atoms with Crippen molar-refractivity contribution in [2.45, 2.75) is 74.9 Å². The van der Waals surface area contributed by atoms with Gasteiger partial charge in [0.1, 0.15) is 5.82 Å². The maximum Gasteiger partial charge on any atom is 0.228 e. The summed E-state index contributed by atoms with van der Waals surface area (Å²) in [6.45, 7) is -0.148. The SMILES string of the molecule is COc1cc(Nc2cc(CO)[nH]n2)nc(NC2C[C@H]3CCC[C@@H](C2)N3S(=O)(=O)C2CC(C#N)C2)n1. The molecule has 0 spiro atoms. The molecule has 3 fully saturated rings. The predicted molar refractivity (Wildman–Crippen MR) is 127 cm³/mol. The average Bonchev–Trinajstić information content (AvgIpc) is 3.25. The van der Waals surface area contributed by atoms with Gasteiger partial charge in [0.2, 0.25) is 21.9 Å². The normalized spacial score (nSPS) is 28.5. The van der Waals surface area contributed by atoms with Gasteiger partial charge >= 0.3 is 0 Å². The number of aliphatic hydroxyl groups is 1. The monoisotopic (exact) mass is 502 g/mol. The highest BCUT2D eigenvalue weighted by Crippen LogP contribution is 2.42. The number of aliphatic hydroxyl groups excluding tert-OH is 1. The number of fused-ring (bicyclic) bond motifs is 2. The molecule has 5 rings (SSSR count). The number of nitrogens with zero attached hydrogens (tertiary/aromatic N) is 5. The van der Waals surface area contributed by atoms with Crippen molar-refractivity contribution in [3.05, 3.63) is 17.8 Å². The van der Waals surface area contributed by atoms with E-state index in [1.807, 2.05) is 0 Å². The largest absolute Gasteiger partial charge is 0.481 e. The van der Waals surface area contributed by atoms with Crippen LogP contribution in [0.1, 0.15) is 50.6 Å². The number of hydrogen-bond donors (Lipinski definition) is 4. The van der Waals surface area contributed by atoms with E-state index in [1.54, 1.807) is 16.4 Å². The van der Waals surface area contributed by atoms with Crippen molar-refractivity contribution in [3.63, 3.8) is 0 Å². The number of rotatable bonds is 8. The lowest BCUT2D eigenvalue weighted by molar-refractivity contribution is 0.112. The van der Waals surface area contributed by atoms with Gasteiger partial charge in [-0.1, -0.05) is 6.42 Å². The lowest BCUT2D eigenvalue weighted by Gasteiger charge is -2.50. The number of hydrogen-bond acceptors (Lipinski definition) is 10. The Hall–Kier alpha value is -2.95. The van der Waals surface area contributed by atoms with Gasteiger partial charge in [0.25, 0.3) is 0 Å². The average molecular weight is 503 g/mol. The molecule has 1 unspecified atom stereocenters. The first kappa shape index (κ1) is 23.8. The van der Waals surface area contributed by atoms with E-state index in [1.165, 1.54) is 7.11 Å². The van der Waals surface area contributed by atoms with Crippen LogP contribution in [0.25, 0.3) is 0 Å². The molecule has 0 radical (unpaired) electrons. The van der Waals surface area contributed by atoms with Crippen LogP contribution < -0.4 is 15.4 Å². The second kappa shape index (κ2) is 9.60. The van der Waals surface area contributed by atoms with Crippen molar-refractivity contribution < 1.29 is 18.3 Å². The van der Waals surface area contributed by atoms with E-state index in [4.69, 9.17) is 10.00 Å². The molecule has 3 aliphatic rings. The molecule has 4 N–H and O–H groups in total. The third-order valence-electron chi connectivity index (χ3n) is 7.20. The molecule has 35 heavy (non-hydrogen) atoms. The number of H-pyrrole nitrogens is 1. The topological polar surface area (TPSA) is 169 Å². The van der Waals surface area contributed by atoms with E-state index >= 15 is 0 Å². The highest BCUT2D eigenvalue weighted by Gasteiger charge is 2.50. The molecule has 4 heterocycles. The van der Waals surface area contributed by atoms with E-state index in [0.29, 0.717) is 54.8 Å². The fourth-order valence-electron chi connectivity index (χ4n) is 5.44. The van der Waals surface area contributed by atoms with Crippen LogP contribution >= 0.6 is 0 Å². The molecule has 0 amide bonds. The molecular formula is C22H30N8O4S. The zero-order chi connectivity index (χ0) is 24.6. The van der Waals surface area contributed by atoms with Gasteiger partial charge in [-0.25, -0.2) is 8.42 Å². The molecule has 188 valence electrons. The minimum Gasteiger partial charge on any atom is -0.481 e. The second-order valence-electron chi connectivity index (χ2n) is 9.53. The molecule has 1 saturated carbocycles. The quantitative estimate of drug-likeness (QED) is 0.418. The maximum atomic E-state index is 13.4. The predicted octanol–water partition coefficient (Wildman–Crippen LogP) is 1.87. The van der Waals surface area contributed by atoms with Gasteiger partial charge in [0.05, 0.1) is 30.7 Å². The van der Waals surface area contributed by atoms with Gasteiger partial charge in [-0.3, -0.25) is 5.10 Å². The Labute approximate surface area is 204 Å². The summed E-state index contributed by atoms with van der Waals surface area (Å²) in [6, 6.07) is 5.42. The Kier molecular flexibility index (Phi) is 6.52. The summed E-state index contributed by atoms with van der Waals surface area (Å²) in [4.78, 5) is 8.97. The maximum absolute atomic E-state index is 13.4. The molecule has 12 nitrogen and oxygen atoms in total. The van der Waals surface area contributed by atoms with Crippen LogP contribution in [0.4, 0.5) is 17.6 Å². The van der Waals surface area contributed by atoms with Crippen molar-refractivity contribution in [3.8, 4) is 11.9 Å². The minimum absolute atomic E-state index is 0.0244. The van der Waals surface area contributed by atoms with Crippen LogP contribution in [0.5, 0.6) is 5.88 Å². The fourth-order valence-corrected chi connectivity index (χ4v) is 7.95. The molecule has 2 aromatic heterocycles. The van der Waals surface area contributed by atoms with Gasteiger partial charge in [-0.2, -0.15) is 24.6 Å². The Bertz CT molecular complexity index is 1190. The second-order valence-corrected chi connectivity index (χ2v) is 11.6. The third kappa shape index (κ3) is 4.78. The van der Waals surface area contributed by atoms with Crippen molar-refractivity contribution in [2.75, 3.05) is 17.7 Å². The Morgan fingerprint density at radius 3 is 2.57 bits per heavy atom. The number of ether oxygens (including phenoxy) is 1. The van der Waals surface area contributed by atoms with Crippen LogP contribution in [-0.2, 0) is 16.6 Å². The van der Waals surface area contributed by atoms with Gasteiger partial charge in [-0.05, 0) is 38.5 Å². The van der Waals surface area contributed by atoms with Gasteiger partial charge in [0, 0.05) is 36.2 Å². The molecule has 2 saturated heterocycles. The summed E-state index contributed by atoms with van der Waals surface area (Å²) in [5.41, 5.74) is 0.574. The highest BCUT2D eigenvalue weighted by molar-refractivity contribution is 7.89. The molecule has 1 aliphatic carbocycles. The molecule has 13 heteroatoms. The molecule has 2 bridgehead atoms. The first-order valence-electron chi connectivity index (χ1n) is 11.9. The zero-order valence-corrected chi connectivity index (χ0v) is 20.3. The number of aromatic nitrogens is 4. The third-order valence-corrected chi connectivity index (χ3v) is 9.61. The van der Waals surface area contributed by atoms with Crippen LogP contribution in [0.2, 0.25) is 0 Å². The molecule has 2 aromatic rings. The van der Waals surface area contributed by atoms with Crippen LogP contribution in [0, 0.1) is 17.2 Å². The van der Waals surface area contributed by atoms with E-state index in [2.05, 4.69) is 36.9 Å². The number of nitriles is 1. The van der Waals surface area contributed by atoms with Gasteiger partial charge in [0.15, 0.2) is 5.82 Å². The number of anilines is 3. The summed E-state index contributed by atoms with van der Waals surface area (Å²) in [7, 11) is -1.88. The zero-order valence-electron chi connectivity index (χ0n) is 19.5. The van der Waals surface area contributed by atoms with Crippen molar-refractivity contribution in [1.29, 1.82) is 5.26 Å². The van der Waals surface area contributed by atoms with E-state index in [0.717, 1.165) is 19.3 Å². The van der Waals surface area contributed by atoms with Gasteiger partial charge in [-0.15, -0.1) is 0 Å². The lowest BCUT2D eigenvalue weighted by atomic mass is 9.84. The van der Waals surface area contributed by atoms with Crippen LogP contribution in [0.15, 0.2) is 12.1 Å². The molecule has 3 atom stereocenters. The standard InChI is InChI=1S/C22H30N8O4S/c1-34-21-10-19(25-20-9-15(12-31)28-29-20)26-22(27-21)24-14-7-16-3-2-4-17(8-14)30(16)35(32,33)18-5-13(6-18)11-23/h9-10,13-14,16-18,31H,2-8,12H2,1H3,(H3,24,25,26,27,28,29)/t13?,14?,16-,17+,18?. The number of nitrogens with one attached hydrogen (secondary N) is 3. The first-order chi connectivity index (χ1) is 16.9. The van der Waals surface area contributed by atoms with Crippen LogP contribution in [0.3, 0.4) is 0 Å². The van der Waals surface area contributed by atoms with Gasteiger partial charge < -0.3 is 20.5 Å². The number of methoxy groups -OCH3 is 1. The summed E-state index contributed by atoms with van der Waals surface area (Å²) in [5.74, 6) is 1.61. The number of piperidine rings is 2. The Morgan fingerprint density at radius 2 is 1.94 bits per heavy atom. The highest BCUT2D eigenvalue weighted by atomic mass is 32.2. The van der Waals surface area contributed by atoms with Crippen LogP contribution in [-0.4, -0.2) is 68.5 Å². The van der Waals surface area contributed by atoms with E-state index in [-0.39, 0.29) is 30.7 Å². The summed E-state index contributed by atoms with van der Waals surface area (Å²) in [6.07, 6.45) is 4.92. The van der Waals surface area contributed by atoms with Crippen molar-refractivity contribution in [1.82, 2.24) is 24.5 Å². The van der Waals surface area contributed by atoms with E-state index < -0.39 is 15.3 Å². The minimum atomic E-state index is -3.41. The van der Waals surface area contributed by atoms with Crippen molar-refractivity contribution >= 4 is 27.6 Å². The van der Waals surface area contributed by atoms with E-state index in [9.17, 15) is 13.5 Å². The first-order valence-corrected chi connectivity index (χ1v) is 13.4. The smallest absolute Gasteiger partial charge is 0.228 e. The summed E-state index contributed by atoms with van der Waals surface area (Å²) in [5, 5.41) is 31.1. The fraction of sp³-hybridized carbons (Fsp3) is 0.636. The van der Waals surface area contributed by atoms with Crippen molar-refractivity contribution in [2.24, 2.45) is 5.92 Å². The molecule has 2 aliphatic heterocycles. The lowest BCUT2D eigenvalue weighted by Crippen LogP contribution is -2.60.